The number of thiazole rings is 1. The van der Waals surface area contributed by atoms with Crippen LogP contribution in [0.1, 0.15) is 40.4 Å². The molecule has 0 radical (unpaired) electrons. The summed E-state index contributed by atoms with van der Waals surface area (Å²) in [6.07, 6.45) is 0.717. The summed E-state index contributed by atoms with van der Waals surface area (Å²) in [6, 6.07) is 3.35. The Bertz CT molecular complexity index is 625. The number of rotatable bonds is 5. The molecule has 4 nitrogen and oxygen atoms in total. The molecule has 1 aromatic heterocycles. The van der Waals surface area contributed by atoms with Crippen molar-refractivity contribution in [3.05, 3.63) is 51.5 Å². The van der Waals surface area contributed by atoms with Gasteiger partial charge in [-0.15, -0.1) is 11.3 Å². The number of nitrogens with one attached hydrogen (secondary N) is 1. The third-order valence-electron chi connectivity index (χ3n) is 3.00. The quantitative estimate of drug-likeness (QED) is 0.892. The molecule has 0 spiro atoms. The van der Waals surface area contributed by atoms with Crippen LogP contribution in [-0.2, 0) is 6.54 Å². The van der Waals surface area contributed by atoms with E-state index in [4.69, 9.17) is 5.73 Å². The van der Waals surface area contributed by atoms with E-state index in [0.717, 1.165) is 18.6 Å². The molecular weight excluding hydrogens is 296 g/mol. The van der Waals surface area contributed by atoms with Crippen LogP contribution in [0.2, 0.25) is 0 Å². The molecule has 2 rings (SSSR count). The topological polar surface area (TPSA) is 68.0 Å². The van der Waals surface area contributed by atoms with E-state index >= 15 is 0 Å². The van der Waals surface area contributed by atoms with Gasteiger partial charge < -0.3 is 11.1 Å². The van der Waals surface area contributed by atoms with Crippen LogP contribution in [0.15, 0.2) is 23.6 Å². The van der Waals surface area contributed by atoms with Crippen molar-refractivity contribution >= 4 is 17.2 Å². The van der Waals surface area contributed by atoms with Crippen LogP contribution in [0.3, 0.4) is 0 Å². The van der Waals surface area contributed by atoms with Gasteiger partial charge in [-0.2, -0.15) is 0 Å². The fourth-order valence-electron chi connectivity index (χ4n) is 1.70. The monoisotopic (exact) mass is 311 g/mol. The molecule has 0 saturated carbocycles. The fraction of sp³-hybridized carbons (Fsp3) is 0.286. The molecule has 2 aromatic rings. The third kappa shape index (κ3) is 3.62. The first-order valence-corrected chi connectivity index (χ1v) is 7.33. The number of benzene rings is 1. The predicted octanol–water partition coefficient (Wildman–Crippen LogP) is 2.76. The summed E-state index contributed by atoms with van der Waals surface area (Å²) in [4.78, 5) is 16.0. The zero-order chi connectivity index (χ0) is 15.4. The van der Waals surface area contributed by atoms with Gasteiger partial charge in [-0.05, 0) is 18.6 Å². The molecule has 1 heterocycles. The van der Waals surface area contributed by atoms with Crippen molar-refractivity contribution in [2.24, 2.45) is 5.73 Å². The lowest BCUT2D eigenvalue weighted by Gasteiger charge is -2.06. The summed E-state index contributed by atoms with van der Waals surface area (Å²) in [5.41, 5.74) is 5.86. The lowest BCUT2D eigenvalue weighted by Crippen LogP contribution is -2.24. The fourth-order valence-corrected chi connectivity index (χ4v) is 2.58. The van der Waals surface area contributed by atoms with Crippen molar-refractivity contribution in [1.29, 1.82) is 0 Å². The minimum Gasteiger partial charge on any atom is -0.346 e. The highest BCUT2D eigenvalue weighted by atomic mass is 32.1. The van der Waals surface area contributed by atoms with E-state index in [1.54, 1.807) is 5.38 Å². The first-order valence-electron chi connectivity index (χ1n) is 6.45. The zero-order valence-corrected chi connectivity index (χ0v) is 12.2. The second-order valence-electron chi connectivity index (χ2n) is 4.47. The number of amides is 1. The number of nitrogens with zero attached hydrogens (tertiary/aromatic N) is 1. The molecule has 0 bridgehead atoms. The average Bonchev–Trinajstić information content (AvgIpc) is 2.95. The minimum atomic E-state index is -0.692. The SMILES string of the molecule is CCC(N)c1nc(C(=O)NCc2c(F)cccc2F)cs1. The summed E-state index contributed by atoms with van der Waals surface area (Å²) in [5.74, 6) is -1.87. The van der Waals surface area contributed by atoms with E-state index in [2.05, 4.69) is 10.3 Å². The van der Waals surface area contributed by atoms with Gasteiger partial charge >= 0.3 is 0 Å². The van der Waals surface area contributed by atoms with E-state index in [1.165, 1.54) is 17.4 Å². The van der Waals surface area contributed by atoms with Crippen molar-refractivity contribution < 1.29 is 13.6 Å². The van der Waals surface area contributed by atoms with Gasteiger partial charge in [0.2, 0.25) is 0 Å². The number of hydrogen-bond donors (Lipinski definition) is 2. The van der Waals surface area contributed by atoms with Gasteiger partial charge in [0.05, 0.1) is 6.04 Å². The van der Waals surface area contributed by atoms with Crippen LogP contribution in [0, 0.1) is 11.6 Å². The lowest BCUT2D eigenvalue weighted by molar-refractivity contribution is 0.0945. The van der Waals surface area contributed by atoms with Crippen molar-refractivity contribution in [3.63, 3.8) is 0 Å². The summed E-state index contributed by atoms with van der Waals surface area (Å²) < 4.78 is 26.9. The molecule has 21 heavy (non-hydrogen) atoms. The van der Waals surface area contributed by atoms with Gasteiger partial charge in [0.15, 0.2) is 0 Å². The highest BCUT2D eigenvalue weighted by Crippen LogP contribution is 2.19. The van der Waals surface area contributed by atoms with Crippen LogP contribution < -0.4 is 11.1 Å². The summed E-state index contributed by atoms with van der Waals surface area (Å²) >= 11 is 1.29. The second kappa shape index (κ2) is 6.73. The first-order chi connectivity index (χ1) is 10.0. The summed E-state index contributed by atoms with van der Waals surface area (Å²) in [7, 11) is 0. The van der Waals surface area contributed by atoms with Gasteiger partial charge in [-0.25, -0.2) is 13.8 Å². The summed E-state index contributed by atoms with van der Waals surface area (Å²) in [5, 5.41) is 4.70. The molecule has 3 N–H and O–H groups in total. The van der Waals surface area contributed by atoms with Gasteiger partial charge in [0.1, 0.15) is 22.3 Å². The van der Waals surface area contributed by atoms with Crippen LogP contribution in [0.4, 0.5) is 8.78 Å². The first kappa shape index (κ1) is 15.5. The maximum Gasteiger partial charge on any atom is 0.271 e. The highest BCUT2D eigenvalue weighted by Gasteiger charge is 2.15. The number of halogens is 2. The maximum absolute atomic E-state index is 13.4. The van der Waals surface area contributed by atoms with Crippen molar-refractivity contribution in [2.45, 2.75) is 25.9 Å². The molecular formula is C14H15F2N3OS. The van der Waals surface area contributed by atoms with Gasteiger partial charge in [-0.1, -0.05) is 13.0 Å². The maximum atomic E-state index is 13.4. The number of aromatic nitrogens is 1. The Balaban J connectivity index is 2.03. The lowest BCUT2D eigenvalue weighted by atomic mass is 10.2. The Hall–Kier alpha value is -1.86. The normalized spacial score (nSPS) is 12.2. The molecule has 0 aliphatic rings. The Labute approximate surface area is 125 Å². The predicted molar refractivity (Wildman–Crippen MR) is 76.9 cm³/mol. The molecule has 1 atom stereocenters. The third-order valence-corrected chi connectivity index (χ3v) is 3.98. The standard InChI is InChI=1S/C14H15F2N3OS/c1-2-11(17)14-19-12(7-21-14)13(20)18-6-8-9(15)4-3-5-10(8)16/h3-5,7,11H,2,6,17H2,1H3,(H,18,20). The summed E-state index contributed by atoms with van der Waals surface area (Å²) in [6.45, 7) is 1.69. The second-order valence-corrected chi connectivity index (χ2v) is 5.36. The number of hydrogen-bond acceptors (Lipinski definition) is 4. The van der Waals surface area contributed by atoms with E-state index < -0.39 is 17.5 Å². The molecule has 0 saturated heterocycles. The van der Waals surface area contributed by atoms with Crippen LogP contribution in [0.25, 0.3) is 0 Å². The highest BCUT2D eigenvalue weighted by molar-refractivity contribution is 7.09. The molecule has 1 aromatic carbocycles. The largest absolute Gasteiger partial charge is 0.346 e. The van der Waals surface area contributed by atoms with Gasteiger partial charge in [-0.3, -0.25) is 4.79 Å². The molecule has 7 heteroatoms. The molecule has 0 aliphatic carbocycles. The molecule has 1 unspecified atom stereocenters. The van der Waals surface area contributed by atoms with Crippen molar-refractivity contribution in [2.75, 3.05) is 0 Å². The van der Waals surface area contributed by atoms with Crippen molar-refractivity contribution in [1.82, 2.24) is 10.3 Å². The minimum absolute atomic E-state index is 0.174. The van der Waals surface area contributed by atoms with Gasteiger partial charge in [0.25, 0.3) is 5.91 Å². The van der Waals surface area contributed by atoms with E-state index in [0.29, 0.717) is 5.01 Å². The van der Waals surface area contributed by atoms with Crippen LogP contribution >= 0.6 is 11.3 Å². The smallest absolute Gasteiger partial charge is 0.271 e. The Kier molecular flexibility index (Phi) is 4.98. The van der Waals surface area contributed by atoms with E-state index in [9.17, 15) is 13.6 Å². The molecule has 112 valence electrons. The van der Waals surface area contributed by atoms with Crippen LogP contribution in [-0.4, -0.2) is 10.9 Å². The molecule has 0 aliphatic heterocycles. The van der Waals surface area contributed by atoms with Crippen LogP contribution in [0.5, 0.6) is 0 Å². The molecule has 0 fully saturated rings. The Morgan fingerprint density at radius 2 is 2.10 bits per heavy atom. The van der Waals surface area contributed by atoms with Crippen molar-refractivity contribution in [3.8, 4) is 0 Å². The number of nitrogens with two attached hydrogens (primary N) is 1. The van der Waals surface area contributed by atoms with E-state index in [1.807, 2.05) is 6.92 Å². The Morgan fingerprint density at radius 1 is 1.43 bits per heavy atom. The number of carbonyl (C=O) groups excluding carboxylic acids is 1. The average molecular weight is 311 g/mol. The zero-order valence-electron chi connectivity index (χ0n) is 11.4. The van der Waals surface area contributed by atoms with Gasteiger partial charge in [0, 0.05) is 17.5 Å². The Morgan fingerprint density at radius 3 is 2.71 bits per heavy atom. The molecule has 1 amide bonds. The number of carbonyl (C=O) groups is 1. The van der Waals surface area contributed by atoms with E-state index in [-0.39, 0.29) is 23.8 Å².